The minimum atomic E-state index is -0.516. The summed E-state index contributed by atoms with van der Waals surface area (Å²) in [6.45, 7) is 9.73. The van der Waals surface area contributed by atoms with Crippen molar-refractivity contribution in [3.8, 4) is 0 Å². The van der Waals surface area contributed by atoms with E-state index in [1.165, 1.54) is 24.3 Å². The van der Waals surface area contributed by atoms with Gasteiger partial charge >= 0.3 is 146 Å². The molecule has 124 valence electrons. The predicted octanol–water partition coefficient (Wildman–Crippen LogP) is -0.672. The van der Waals surface area contributed by atoms with Gasteiger partial charge in [-0.2, -0.15) is 0 Å². The topological polar surface area (TPSA) is 97.0 Å². The Hall–Kier alpha value is -1.59. The van der Waals surface area contributed by atoms with Crippen molar-refractivity contribution in [2.45, 2.75) is 19.1 Å². The Morgan fingerprint density at radius 1 is 1.35 bits per heavy atom. The molecule has 2 rings (SSSR count). The van der Waals surface area contributed by atoms with Crippen molar-refractivity contribution in [2.24, 2.45) is 22.6 Å². The van der Waals surface area contributed by atoms with E-state index in [0.717, 1.165) is 4.02 Å². The number of nitrogens with one attached hydrogen (secondary N) is 1. The summed E-state index contributed by atoms with van der Waals surface area (Å²) >= 11 is 1.27. The van der Waals surface area contributed by atoms with Gasteiger partial charge in [0.2, 0.25) is 0 Å². The number of carbonyl (C=O) groups is 2. The summed E-state index contributed by atoms with van der Waals surface area (Å²) in [5, 5.41) is 2.91. The molecule has 23 heavy (non-hydrogen) atoms. The van der Waals surface area contributed by atoms with Crippen molar-refractivity contribution >= 4 is 21.8 Å². The van der Waals surface area contributed by atoms with Gasteiger partial charge < -0.3 is 0 Å². The van der Waals surface area contributed by atoms with Crippen LogP contribution in [0.1, 0.15) is 6.92 Å². The van der Waals surface area contributed by atoms with Crippen molar-refractivity contribution in [3.63, 3.8) is 0 Å². The van der Waals surface area contributed by atoms with Crippen molar-refractivity contribution in [3.05, 3.63) is 25.3 Å². The Morgan fingerprint density at radius 3 is 2.30 bits per heavy atom. The van der Waals surface area contributed by atoms with Gasteiger partial charge in [0.15, 0.2) is 0 Å². The molecular weight excluding hydrogens is 468 g/mol. The van der Waals surface area contributed by atoms with Crippen LogP contribution in [0.25, 0.3) is 0 Å². The zero-order chi connectivity index (χ0) is 17.1. The molecule has 2 aliphatic rings. The van der Waals surface area contributed by atoms with E-state index < -0.39 is 24.0 Å². The first-order valence-corrected chi connectivity index (χ1v) is 8.70. The number of rotatable bonds is 6. The second-order valence-corrected chi connectivity index (χ2v) is 7.56. The van der Waals surface area contributed by atoms with E-state index in [9.17, 15) is 9.59 Å². The standard InChI is InChI=1S/C15H20N4O3.W/c1-4-9-11-12(10(5-2)22-9)14(21)19(13(11)20)8-7-18-15(16)17-6-3;/h4-5,9-12H,1-2,7-8H2,3H3,(H3,16,17,18);. The van der Waals surface area contributed by atoms with E-state index in [1.54, 1.807) is 12.2 Å². The van der Waals surface area contributed by atoms with Crippen molar-refractivity contribution in [1.29, 1.82) is 0 Å². The van der Waals surface area contributed by atoms with Gasteiger partial charge in [-0.25, -0.2) is 0 Å². The van der Waals surface area contributed by atoms with Gasteiger partial charge in [-0.05, 0) is 0 Å². The summed E-state index contributed by atoms with van der Waals surface area (Å²) in [5.41, 5.74) is 5.70. The molecule has 0 bridgehead atoms. The summed E-state index contributed by atoms with van der Waals surface area (Å²) < 4.78 is 6.63. The van der Waals surface area contributed by atoms with Gasteiger partial charge in [0.05, 0.1) is 0 Å². The molecule has 2 fully saturated rings. The monoisotopic (exact) mass is 488 g/mol. The van der Waals surface area contributed by atoms with Gasteiger partial charge in [0.25, 0.3) is 0 Å². The fourth-order valence-corrected chi connectivity index (χ4v) is 3.31. The van der Waals surface area contributed by atoms with Crippen LogP contribution in [-0.2, 0) is 33.7 Å². The zero-order valence-electron chi connectivity index (χ0n) is 12.9. The number of imide groups is 1. The van der Waals surface area contributed by atoms with Crippen LogP contribution in [0.2, 0.25) is 0 Å². The molecule has 0 saturated carbocycles. The Labute approximate surface area is 146 Å². The van der Waals surface area contributed by atoms with E-state index >= 15 is 0 Å². The molecule has 2 amide bonds. The van der Waals surface area contributed by atoms with Crippen LogP contribution in [0, 0.1) is 11.8 Å². The average molecular weight is 488 g/mol. The Morgan fingerprint density at radius 2 is 1.87 bits per heavy atom. The fraction of sp³-hybridized carbons (Fsp3) is 0.467. The third-order valence-corrected chi connectivity index (χ3v) is 4.25. The van der Waals surface area contributed by atoms with Crippen LogP contribution in [0.5, 0.6) is 0 Å². The van der Waals surface area contributed by atoms with Crippen LogP contribution in [-0.4, -0.2) is 52.0 Å². The first-order valence-electron chi connectivity index (χ1n) is 7.24. The van der Waals surface area contributed by atoms with Gasteiger partial charge in [-0.1, -0.05) is 0 Å². The molecule has 7 nitrogen and oxygen atoms in total. The number of carbonyl (C=O) groups excluding carboxylic acids is 2. The quantitative estimate of drug-likeness (QED) is 0.224. The third kappa shape index (κ3) is 3.51. The Balaban J connectivity index is 2.06. The summed E-state index contributed by atoms with van der Waals surface area (Å²) in [7, 11) is 0. The van der Waals surface area contributed by atoms with Gasteiger partial charge in [0, 0.05) is 0 Å². The van der Waals surface area contributed by atoms with Crippen molar-refractivity contribution in [1.82, 2.24) is 10.2 Å². The minimum absolute atomic E-state index is 0.205. The molecule has 4 atom stereocenters. The number of nitrogens with zero attached hydrogens (tertiary/aromatic N) is 2. The summed E-state index contributed by atoms with van der Waals surface area (Å²) in [6, 6.07) is 0. The molecular formula is C15H20N4O3W. The van der Waals surface area contributed by atoms with Gasteiger partial charge in [-0.15, -0.1) is 0 Å². The average Bonchev–Trinajstić information content (AvgIpc) is 2.98. The second-order valence-electron chi connectivity index (χ2n) is 5.36. The van der Waals surface area contributed by atoms with Gasteiger partial charge in [0.1, 0.15) is 0 Å². The number of likely N-dealkylation sites (tertiary alicyclic amines) is 1. The van der Waals surface area contributed by atoms with Crippen LogP contribution < -0.4 is 11.1 Å². The number of aliphatic imine (C=N–C) groups is 1. The van der Waals surface area contributed by atoms with Crippen LogP contribution in [0.4, 0.5) is 0 Å². The Kier molecular flexibility index (Phi) is 5.65. The van der Waals surface area contributed by atoms with E-state index in [1.807, 2.05) is 6.92 Å². The SMILES string of the molecule is C=CC1OC(C=C)C2C(=O)N(CCN=C(N)N[C](C)=[W])C(=O)C12. The molecule has 0 aromatic heterocycles. The second kappa shape index (κ2) is 7.32. The zero-order valence-corrected chi connectivity index (χ0v) is 15.8. The molecule has 3 N–H and O–H groups in total. The van der Waals surface area contributed by atoms with Crippen LogP contribution >= 0.6 is 0 Å². The third-order valence-electron chi connectivity index (χ3n) is 3.89. The first kappa shape index (κ1) is 17.8. The van der Waals surface area contributed by atoms with E-state index in [0.29, 0.717) is 0 Å². The molecule has 0 aliphatic carbocycles. The maximum absolute atomic E-state index is 12.5. The molecule has 0 aromatic carbocycles. The molecule has 8 heteroatoms. The normalized spacial score (nSPS) is 30.3. The number of amides is 2. The number of ether oxygens (including phenoxy) is 1. The molecule has 2 heterocycles. The summed E-state index contributed by atoms with van der Waals surface area (Å²) in [5.74, 6) is -1.22. The molecule has 4 unspecified atom stereocenters. The van der Waals surface area contributed by atoms with E-state index in [4.69, 9.17) is 10.5 Å². The van der Waals surface area contributed by atoms with E-state index in [-0.39, 0.29) is 30.9 Å². The Bertz CT molecular complexity index is 557. The molecule has 0 spiro atoms. The van der Waals surface area contributed by atoms with Crippen LogP contribution in [0.3, 0.4) is 0 Å². The summed E-state index contributed by atoms with van der Waals surface area (Å²) in [6.07, 6.45) is 2.22. The number of hydrogen-bond donors (Lipinski definition) is 2. The first-order chi connectivity index (χ1) is 10.9. The van der Waals surface area contributed by atoms with E-state index in [2.05, 4.69) is 23.5 Å². The molecule has 2 saturated heterocycles. The van der Waals surface area contributed by atoms with Crippen molar-refractivity contribution in [2.75, 3.05) is 13.1 Å². The summed E-state index contributed by atoms with van der Waals surface area (Å²) in [4.78, 5) is 30.4. The predicted molar refractivity (Wildman–Crippen MR) is 83.1 cm³/mol. The molecule has 2 aliphatic heterocycles. The molecule has 0 aromatic rings. The van der Waals surface area contributed by atoms with Crippen molar-refractivity contribution < 1.29 is 33.7 Å². The number of nitrogens with two attached hydrogens (primary N) is 1. The number of guanidine groups is 1. The van der Waals surface area contributed by atoms with Crippen LogP contribution in [0.15, 0.2) is 30.3 Å². The number of hydrogen-bond acceptors (Lipinski definition) is 4. The van der Waals surface area contributed by atoms with Gasteiger partial charge in [-0.3, -0.25) is 0 Å². The number of fused-ring (bicyclic) bond motifs is 1. The maximum atomic E-state index is 12.5. The molecule has 0 radical (unpaired) electrons. The fourth-order valence-electron chi connectivity index (χ4n) is 2.93.